The molecule has 3 rings (SSSR count). The normalized spacial score (nSPS) is 21.1. The number of carbonyl (C=O) groups excluding carboxylic acids is 1. The topological polar surface area (TPSA) is 66.5 Å². The van der Waals surface area contributed by atoms with E-state index in [9.17, 15) is 4.79 Å². The SMILES string of the molecule is COc1ncc(Br)cc1CNC(=O)NC[C@H]1CCN1C1CC1. The zero-order valence-electron chi connectivity index (χ0n) is 12.6. The Morgan fingerprint density at radius 3 is 2.91 bits per heavy atom. The standard InChI is InChI=1S/C15H21BrN4O2/c1-22-14-10(6-11(16)8-17-14)7-18-15(21)19-9-13-4-5-20(13)12-2-3-12/h6,8,12-13H,2-5,7,9H2,1H3,(H2,18,19,21)/t13-/m1/s1. The van der Waals surface area contributed by atoms with Crippen molar-refractivity contribution in [3.8, 4) is 5.88 Å². The Morgan fingerprint density at radius 1 is 1.45 bits per heavy atom. The molecule has 0 spiro atoms. The van der Waals surface area contributed by atoms with Crippen molar-refractivity contribution in [2.75, 3.05) is 20.2 Å². The zero-order valence-corrected chi connectivity index (χ0v) is 14.2. The summed E-state index contributed by atoms with van der Waals surface area (Å²) >= 11 is 3.37. The molecule has 0 radical (unpaired) electrons. The van der Waals surface area contributed by atoms with Gasteiger partial charge in [0.25, 0.3) is 0 Å². The lowest BCUT2D eigenvalue weighted by molar-refractivity contribution is 0.0823. The Labute approximate surface area is 138 Å². The number of methoxy groups -OCH3 is 1. The molecular weight excluding hydrogens is 348 g/mol. The maximum absolute atomic E-state index is 11.9. The summed E-state index contributed by atoms with van der Waals surface area (Å²) in [7, 11) is 1.57. The van der Waals surface area contributed by atoms with Crippen LogP contribution >= 0.6 is 15.9 Å². The van der Waals surface area contributed by atoms with Gasteiger partial charge in [-0.05, 0) is 41.3 Å². The fraction of sp³-hybridized carbons (Fsp3) is 0.600. The number of urea groups is 1. The number of aromatic nitrogens is 1. The van der Waals surface area contributed by atoms with Gasteiger partial charge in [-0.3, -0.25) is 4.90 Å². The largest absolute Gasteiger partial charge is 0.481 e. The van der Waals surface area contributed by atoms with E-state index < -0.39 is 0 Å². The second-order valence-corrected chi connectivity index (χ2v) is 6.71. The molecule has 6 nitrogen and oxygen atoms in total. The molecule has 1 aliphatic heterocycles. The zero-order chi connectivity index (χ0) is 15.5. The number of hydrogen-bond acceptors (Lipinski definition) is 4. The summed E-state index contributed by atoms with van der Waals surface area (Å²) in [6.07, 6.45) is 5.49. The number of rotatable bonds is 6. The third-order valence-corrected chi connectivity index (χ3v) is 4.66. The van der Waals surface area contributed by atoms with Crippen LogP contribution in [-0.4, -0.2) is 48.2 Å². The van der Waals surface area contributed by atoms with E-state index in [0.717, 1.165) is 22.6 Å². The third kappa shape index (κ3) is 3.70. The minimum Gasteiger partial charge on any atom is -0.481 e. The Balaban J connectivity index is 1.43. The predicted octanol–water partition coefficient (Wildman–Crippen LogP) is 1.89. The average Bonchev–Trinajstić information content (AvgIpc) is 3.29. The van der Waals surface area contributed by atoms with E-state index in [0.29, 0.717) is 18.5 Å². The molecular formula is C15H21BrN4O2. The molecule has 1 aromatic rings. The fourth-order valence-corrected chi connectivity index (χ4v) is 3.17. The van der Waals surface area contributed by atoms with Gasteiger partial charge in [0.05, 0.1) is 7.11 Å². The highest BCUT2D eigenvalue weighted by molar-refractivity contribution is 9.10. The second kappa shape index (κ2) is 6.83. The van der Waals surface area contributed by atoms with Crippen LogP contribution in [-0.2, 0) is 6.54 Å². The summed E-state index contributed by atoms with van der Waals surface area (Å²) in [5.74, 6) is 0.530. The molecule has 1 atom stereocenters. The van der Waals surface area contributed by atoms with Crippen LogP contribution in [0.15, 0.2) is 16.7 Å². The van der Waals surface area contributed by atoms with Gasteiger partial charge < -0.3 is 15.4 Å². The van der Waals surface area contributed by atoms with Crippen molar-refractivity contribution in [3.05, 3.63) is 22.3 Å². The highest BCUT2D eigenvalue weighted by Gasteiger charge is 2.39. The minimum absolute atomic E-state index is 0.148. The smallest absolute Gasteiger partial charge is 0.315 e. The second-order valence-electron chi connectivity index (χ2n) is 5.80. The van der Waals surface area contributed by atoms with Gasteiger partial charge in [0, 0.05) is 48.0 Å². The number of amides is 2. The first-order valence-electron chi connectivity index (χ1n) is 7.63. The fourth-order valence-electron chi connectivity index (χ4n) is 2.79. The van der Waals surface area contributed by atoms with E-state index in [-0.39, 0.29) is 6.03 Å². The van der Waals surface area contributed by atoms with Gasteiger partial charge in [-0.2, -0.15) is 0 Å². The van der Waals surface area contributed by atoms with Crippen molar-refractivity contribution in [1.82, 2.24) is 20.5 Å². The summed E-state index contributed by atoms with van der Waals surface area (Å²) in [4.78, 5) is 18.6. The van der Waals surface area contributed by atoms with Gasteiger partial charge in [0.1, 0.15) is 0 Å². The molecule has 1 aromatic heterocycles. The Kier molecular flexibility index (Phi) is 4.83. The van der Waals surface area contributed by atoms with Crippen LogP contribution in [0.25, 0.3) is 0 Å². The van der Waals surface area contributed by atoms with Crippen molar-refractivity contribution in [2.45, 2.75) is 37.9 Å². The van der Waals surface area contributed by atoms with Crippen LogP contribution in [0.4, 0.5) is 4.79 Å². The number of halogens is 1. The number of nitrogens with zero attached hydrogens (tertiary/aromatic N) is 2. The van der Waals surface area contributed by atoms with Crippen LogP contribution in [0.3, 0.4) is 0 Å². The molecule has 2 heterocycles. The Bertz CT molecular complexity index is 550. The molecule has 22 heavy (non-hydrogen) atoms. The van der Waals surface area contributed by atoms with Gasteiger partial charge in [0.15, 0.2) is 0 Å². The molecule has 0 unspecified atom stereocenters. The lowest BCUT2D eigenvalue weighted by atomic mass is 10.0. The number of ether oxygens (including phenoxy) is 1. The molecule has 1 aliphatic carbocycles. The third-order valence-electron chi connectivity index (χ3n) is 4.23. The summed E-state index contributed by atoms with van der Waals surface area (Å²) < 4.78 is 6.06. The van der Waals surface area contributed by atoms with Gasteiger partial charge in [-0.25, -0.2) is 9.78 Å². The van der Waals surface area contributed by atoms with E-state index >= 15 is 0 Å². The number of pyridine rings is 1. The average molecular weight is 369 g/mol. The molecule has 1 saturated heterocycles. The van der Waals surface area contributed by atoms with Crippen LogP contribution in [0.5, 0.6) is 5.88 Å². The molecule has 0 aromatic carbocycles. The Morgan fingerprint density at radius 2 is 2.27 bits per heavy atom. The molecule has 1 saturated carbocycles. The monoisotopic (exact) mass is 368 g/mol. The number of nitrogens with one attached hydrogen (secondary N) is 2. The first kappa shape index (κ1) is 15.6. The van der Waals surface area contributed by atoms with Crippen molar-refractivity contribution in [1.29, 1.82) is 0 Å². The van der Waals surface area contributed by atoms with Gasteiger partial charge in [-0.1, -0.05) is 0 Å². The minimum atomic E-state index is -0.148. The molecule has 7 heteroatoms. The lowest BCUT2D eigenvalue weighted by Gasteiger charge is -2.41. The Hall–Kier alpha value is -1.34. The highest BCUT2D eigenvalue weighted by atomic mass is 79.9. The predicted molar refractivity (Wildman–Crippen MR) is 86.9 cm³/mol. The van der Waals surface area contributed by atoms with Crippen LogP contribution in [0, 0.1) is 0 Å². The maximum Gasteiger partial charge on any atom is 0.315 e. The van der Waals surface area contributed by atoms with Crippen LogP contribution in [0.2, 0.25) is 0 Å². The quantitative estimate of drug-likeness (QED) is 0.804. The van der Waals surface area contributed by atoms with Gasteiger partial charge in [0.2, 0.25) is 5.88 Å². The molecule has 0 bridgehead atoms. The molecule has 2 N–H and O–H groups in total. The maximum atomic E-state index is 11.9. The van der Waals surface area contributed by atoms with Crippen molar-refractivity contribution >= 4 is 22.0 Å². The van der Waals surface area contributed by atoms with Crippen LogP contribution < -0.4 is 15.4 Å². The van der Waals surface area contributed by atoms with E-state index in [1.807, 2.05) is 6.07 Å². The highest BCUT2D eigenvalue weighted by Crippen LogP contribution is 2.34. The van der Waals surface area contributed by atoms with Crippen molar-refractivity contribution < 1.29 is 9.53 Å². The molecule has 2 aliphatic rings. The number of carbonyl (C=O) groups is 1. The first-order valence-corrected chi connectivity index (χ1v) is 8.42. The van der Waals surface area contributed by atoms with E-state index in [1.54, 1.807) is 13.3 Å². The molecule has 2 fully saturated rings. The summed E-state index contributed by atoms with van der Waals surface area (Å²) in [6, 6.07) is 3.04. The van der Waals surface area contributed by atoms with Gasteiger partial charge in [-0.15, -0.1) is 0 Å². The molecule has 2 amide bonds. The van der Waals surface area contributed by atoms with E-state index in [1.165, 1.54) is 25.8 Å². The molecule has 120 valence electrons. The van der Waals surface area contributed by atoms with E-state index in [2.05, 4.69) is 36.4 Å². The number of likely N-dealkylation sites (tertiary alicyclic amines) is 1. The van der Waals surface area contributed by atoms with Crippen LogP contribution in [0.1, 0.15) is 24.8 Å². The first-order chi connectivity index (χ1) is 10.7. The van der Waals surface area contributed by atoms with Crippen molar-refractivity contribution in [3.63, 3.8) is 0 Å². The van der Waals surface area contributed by atoms with E-state index in [4.69, 9.17) is 4.74 Å². The van der Waals surface area contributed by atoms with Gasteiger partial charge >= 0.3 is 6.03 Å². The number of hydrogen-bond donors (Lipinski definition) is 2. The van der Waals surface area contributed by atoms with Crippen molar-refractivity contribution in [2.24, 2.45) is 0 Å². The summed E-state index contributed by atoms with van der Waals surface area (Å²) in [6.45, 7) is 2.29. The summed E-state index contributed by atoms with van der Waals surface area (Å²) in [5, 5.41) is 5.81. The lowest BCUT2D eigenvalue weighted by Crippen LogP contribution is -2.55. The summed E-state index contributed by atoms with van der Waals surface area (Å²) in [5.41, 5.74) is 0.843.